The van der Waals surface area contributed by atoms with Crippen molar-refractivity contribution >= 4 is 23.7 Å². The third-order valence-electron chi connectivity index (χ3n) is 4.12. The number of nitrogens with zero attached hydrogens (tertiary/aromatic N) is 3. The van der Waals surface area contributed by atoms with Crippen molar-refractivity contribution < 1.29 is 19.1 Å². The van der Waals surface area contributed by atoms with Crippen molar-refractivity contribution in [2.75, 3.05) is 26.3 Å². The number of aromatic nitrogens is 2. The second kappa shape index (κ2) is 7.88. The van der Waals surface area contributed by atoms with E-state index in [9.17, 15) is 14.4 Å². The second-order valence-electron chi connectivity index (χ2n) is 5.92. The van der Waals surface area contributed by atoms with E-state index in [0.29, 0.717) is 37.4 Å². The molecule has 1 aromatic carbocycles. The summed E-state index contributed by atoms with van der Waals surface area (Å²) in [6.45, 7) is 3.27. The number of ketones is 1. The first-order valence-electron chi connectivity index (χ1n) is 8.28. The highest BCUT2D eigenvalue weighted by atomic mass is 16.5. The van der Waals surface area contributed by atoms with Crippen molar-refractivity contribution in [3.05, 3.63) is 59.7 Å². The molecule has 1 aliphatic heterocycles. The molecule has 0 atom stereocenters. The number of morpholine rings is 1. The van der Waals surface area contributed by atoms with Gasteiger partial charge < -0.3 is 9.64 Å². The average Bonchev–Trinajstić information content (AvgIpc) is 3.21. The molecule has 2 aromatic rings. The van der Waals surface area contributed by atoms with Gasteiger partial charge >= 0.3 is 0 Å². The quantitative estimate of drug-likeness (QED) is 0.471. The maximum absolute atomic E-state index is 12.6. The molecule has 1 aliphatic rings. The summed E-state index contributed by atoms with van der Waals surface area (Å²) in [5.74, 6) is -0.784. The molecular weight excluding hydrogens is 334 g/mol. The van der Waals surface area contributed by atoms with Gasteiger partial charge in [0.1, 0.15) is 6.33 Å². The van der Waals surface area contributed by atoms with Gasteiger partial charge in [0, 0.05) is 31.0 Å². The van der Waals surface area contributed by atoms with Gasteiger partial charge in [0.15, 0.2) is 5.78 Å². The van der Waals surface area contributed by atoms with Gasteiger partial charge in [-0.15, -0.1) is 0 Å². The number of hydrogen-bond donors (Lipinski definition) is 0. The Balaban J connectivity index is 1.80. The Hall–Kier alpha value is -3.06. The van der Waals surface area contributed by atoms with E-state index in [0.717, 1.165) is 0 Å². The van der Waals surface area contributed by atoms with Crippen LogP contribution in [0.3, 0.4) is 0 Å². The summed E-state index contributed by atoms with van der Waals surface area (Å²) in [4.78, 5) is 42.3. The van der Waals surface area contributed by atoms with Crippen molar-refractivity contribution in [3.8, 4) is 0 Å². The van der Waals surface area contributed by atoms with Crippen molar-refractivity contribution in [3.63, 3.8) is 0 Å². The Kier molecular flexibility index (Phi) is 5.38. The number of Topliss-reactive ketones (excluding diaryl/α,β-unsaturated/α-hetero) is 1. The molecule has 7 nitrogen and oxygen atoms in total. The average molecular weight is 353 g/mol. The molecule has 0 saturated carbocycles. The Bertz CT molecular complexity index is 832. The summed E-state index contributed by atoms with van der Waals surface area (Å²) in [6, 6.07) is 6.73. The third-order valence-corrected chi connectivity index (χ3v) is 4.12. The van der Waals surface area contributed by atoms with Crippen LogP contribution in [-0.4, -0.2) is 58.4 Å². The van der Waals surface area contributed by atoms with Crippen LogP contribution in [0.2, 0.25) is 0 Å². The van der Waals surface area contributed by atoms with Crippen LogP contribution in [-0.2, 0) is 14.3 Å². The lowest BCUT2D eigenvalue weighted by atomic mass is 10.0. The third kappa shape index (κ3) is 3.94. The molecular formula is C19H19N3O4. The van der Waals surface area contributed by atoms with Crippen LogP contribution in [0.25, 0.3) is 6.08 Å². The molecule has 0 N–H and O–H groups in total. The van der Waals surface area contributed by atoms with Crippen molar-refractivity contribution in [2.24, 2.45) is 0 Å². The minimum absolute atomic E-state index is 0.126. The smallest absolute Gasteiger partial charge is 0.263 e. The van der Waals surface area contributed by atoms with E-state index in [1.807, 2.05) is 0 Å². The maximum atomic E-state index is 12.6. The summed E-state index contributed by atoms with van der Waals surface area (Å²) in [5, 5.41) is 0. The van der Waals surface area contributed by atoms with E-state index in [-0.39, 0.29) is 23.2 Å². The fourth-order valence-electron chi connectivity index (χ4n) is 2.67. The summed E-state index contributed by atoms with van der Waals surface area (Å²) in [7, 11) is 0. The molecule has 1 saturated heterocycles. The molecule has 3 rings (SSSR count). The minimum atomic E-state index is -0.292. The van der Waals surface area contributed by atoms with E-state index in [1.165, 1.54) is 24.0 Å². The van der Waals surface area contributed by atoms with E-state index < -0.39 is 0 Å². The van der Waals surface area contributed by atoms with Crippen LogP contribution in [0.5, 0.6) is 0 Å². The lowest BCUT2D eigenvalue weighted by Gasteiger charge is -2.27. The summed E-state index contributed by atoms with van der Waals surface area (Å²) in [5.41, 5.74) is 1.30. The first-order valence-corrected chi connectivity index (χ1v) is 8.28. The van der Waals surface area contributed by atoms with Crippen molar-refractivity contribution in [1.29, 1.82) is 0 Å². The van der Waals surface area contributed by atoms with E-state index >= 15 is 0 Å². The highest BCUT2D eigenvalue weighted by molar-refractivity contribution is 6.21. The van der Waals surface area contributed by atoms with Gasteiger partial charge in [-0.25, -0.2) is 4.98 Å². The molecule has 26 heavy (non-hydrogen) atoms. The number of carbonyl (C=O) groups is 3. The zero-order chi connectivity index (χ0) is 18.5. The van der Waals surface area contributed by atoms with Gasteiger partial charge in [-0.05, 0) is 30.7 Å². The normalized spacial score (nSPS) is 15.0. The van der Waals surface area contributed by atoms with E-state index in [1.54, 1.807) is 41.4 Å². The van der Waals surface area contributed by atoms with Gasteiger partial charge in [0.05, 0.1) is 18.8 Å². The van der Waals surface area contributed by atoms with Crippen LogP contribution in [0.4, 0.5) is 0 Å². The number of amides is 1. The van der Waals surface area contributed by atoms with E-state index in [2.05, 4.69) is 4.98 Å². The molecule has 0 aliphatic carbocycles. The number of carbonyl (C=O) groups excluding carboxylic acids is 3. The van der Waals surface area contributed by atoms with Gasteiger partial charge in [-0.2, -0.15) is 0 Å². The van der Waals surface area contributed by atoms with Crippen molar-refractivity contribution in [1.82, 2.24) is 14.5 Å². The molecule has 7 heteroatoms. The number of imidazole rings is 1. The van der Waals surface area contributed by atoms with Crippen LogP contribution in [0.1, 0.15) is 22.8 Å². The van der Waals surface area contributed by atoms with Gasteiger partial charge in [0.2, 0.25) is 0 Å². The highest BCUT2D eigenvalue weighted by Gasteiger charge is 2.23. The Morgan fingerprint density at radius 2 is 1.81 bits per heavy atom. The Labute approximate surface area is 150 Å². The van der Waals surface area contributed by atoms with Crippen LogP contribution in [0, 0.1) is 0 Å². The van der Waals surface area contributed by atoms with Gasteiger partial charge in [0.25, 0.3) is 11.8 Å². The van der Waals surface area contributed by atoms with Crippen LogP contribution >= 0.6 is 0 Å². The summed E-state index contributed by atoms with van der Waals surface area (Å²) < 4.78 is 6.62. The molecule has 0 unspecified atom stereocenters. The predicted octanol–water partition coefficient (Wildman–Crippen LogP) is 1.40. The molecule has 2 heterocycles. The largest absolute Gasteiger partial charge is 0.378 e. The van der Waals surface area contributed by atoms with Gasteiger partial charge in [-0.3, -0.25) is 19.0 Å². The number of ether oxygens (including phenoxy) is 1. The first kappa shape index (κ1) is 17.8. The Morgan fingerprint density at radius 1 is 1.12 bits per heavy atom. The standard InChI is InChI=1S/C19H19N3O4/c1-14(23)17(19(25)21-8-10-26-11-9-21)12-15-2-4-16(5-3-15)18(24)22-7-6-20-13-22/h2-7,12-13H,8-11H2,1H3/b17-12+. The number of hydrogen-bond acceptors (Lipinski definition) is 5. The fourth-order valence-corrected chi connectivity index (χ4v) is 2.67. The van der Waals surface area contributed by atoms with Crippen LogP contribution < -0.4 is 0 Å². The SMILES string of the molecule is CC(=O)/C(=C\c1ccc(C(=O)n2ccnc2)cc1)C(=O)N1CCOCC1. The lowest BCUT2D eigenvalue weighted by Crippen LogP contribution is -2.42. The molecule has 1 amide bonds. The van der Waals surface area contributed by atoms with Crippen LogP contribution in [0.15, 0.2) is 48.6 Å². The number of rotatable bonds is 4. The zero-order valence-corrected chi connectivity index (χ0v) is 14.4. The van der Waals surface area contributed by atoms with E-state index in [4.69, 9.17) is 4.74 Å². The maximum Gasteiger partial charge on any atom is 0.263 e. The van der Waals surface area contributed by atoms with Crippen molar-refractivity contribution in [2.45, 2.75) is 6.92 Å². The zero-order valence-electron chi connectivity index (χ0n) is 14.4. The Morgan fingerprint density at radius 3 is 2.38 bits per heavy atom. The molecule has 0 bridgehead atoms. The lowest BCUT2D eigenvalue weighted by molar-refractivity contribution is -0.132. The number of benzene rings is 1. The minimum Gasteiger partial charge on any atom is -0.378 e. The second-order valence-corrected chi connectivity index (χ2v) is 5.92. The van der Waals surface area contributed by atoms with Gasteiger partial charge in [-0.1, -0.05) is 12.1 Å². The topological polar surface area (TPSA) is 81.5 Å². The molecule has 1 fully saturated rings. The molecule has 134 valence electrons. The molecule has 0 radical (unpaired) electrons. The monoisotopic (exact) mass is 353 g/mol. The molecule has 0 spiro atoms. The fraction of sp³-hybridized carbons (Fsp3) is 0.263. The summed E-state index contributed by atoms with van der Waals surface area (Å²) >= 11 is 0. The first-order chi connectivity index (χ1) is 12.6. The highest BCUT2D eigenvalue weighted by Crippen LogP contribution is 2.14. The predicted molar refractivity (Wildman–Crippen MR) is 94.5 cm³/mol. The molecule has 1 aromatic heterocycles. The summed E-state index contributed by atoms with van der Waals surface area (Å²) in [6.07, 6.45) is 6.10.